The zero-order chi connectivity index (χ0) is 11.8. The van der Waals surface area contributed by atoms with E-state index in [1.807, 2.05) is 0 Å². The van der Waals surface area contributed by atoms with E-state index in [1.165, 1.54) is 6.07 Å². The highest BCUT2D eigenvalue weighted by Gasteiger charge is 2.02. The van der Waals surface area contributed by atoms with Crippen molar-refractivity contribution in [1.82, 2.24) is 5.32 Å². The van der Waals surface area contributed by atoms with Gasteiger partial charge in [0, 0.05) is 18.7 Å². The molecular formula is C12H17ClFNO2. The molecule has 0 aliphatic rings. The largest absolute Gasteiger partial charge is 0.466 e. The van der Waals surface area contributed by atoms with Gasteiger partial charge in [-0.05, 0) is 13.0 Å². The molecule has 0 aliphatic heterocycles. The summed E-state index contributed by atoms with van der Waals surface area (Å²) in [5.74, 6) is -0.463. The van der Waals surface area contributed by atoms with Gasteiger partial charge in [0.15, 0.2) is 0 Å². The molecule has 0 radical (unpaired) electrons. The summed E-state index contributed by atoms with van der Waals surface area (Å²) in [6.07, 6.45) is 0.308. The molecule has 0 atom stereocenters. The number of hydrogen-bond acceptors (Lipinski definition) is 3. The Kier molecular flexibility index (Phi) is 8.36. The van der Waals surface area contributed by atoms with Gasteiger partial charge in [0.25, 0.3) is 0 Å². The summed E-state index contributed by atoms with van der Waals surface area (Å²) < 4.78 is 17.9. The molecule has 0 unspecified atom stereocenters. The molecule has 96 valence electrons. The van der Waals surface area contributed by atoms with Crippen molar-refractivity contribution in [2.24, 2.45) is 0 Å². The van der Waals surface area contributed by atoms with Gasteiger partial charge in [-0.2, -0.15) is 0 Å². The van der Waals surface area contributed by atoms with E-state index in [0.29, 0.717) is 31.7 Å². The molecule has 0 fully saturated rings. The Balaban J connectivity index is 0.00000256. The minimum absolute atomic E-state index is 0. The molecule has 17 heavy (non-hydrogen) atoms. The monoisotopic (exact) mass is 261 g/mol. The van der Waals surface area contributed by atoms with E-state index in [9.17, 15) is 9.18 Å². The maximum absolute atomic E-state index is 13.2. The van der Waals surface area contributed by atoms with Gasteiger partial charge in [-0.25, -0.2) is 4.39 Å². The van der Waals surface area contributed by atoms with E-state index in [2.05, 4.69) is 5.32 Å². The summed E-state index contributed by atoms with van der Waals surface area (Å²) in [7, 11) is 0. The highest BCUT2D eigenvalue weighted by Crippen LogP contribution is 2.05. The third-order valence-electron chi connectivity index (χ3n) is 2.08. The van der Waals surface area contributed by atoms with Crippen molar-refractivity contribution in [2.45, 2.75) is 19.9 Å². The first kappa shape index (κ1) is 15.9. The Bertz CT molecular complexity index is 347. The number of carbonyl (C=O) groups is 1. The van der Waals surface area contributed by atoms with Crippen LogP contribution in [0.4, 0.5) is 4.39 Å². The first-order valence-corrected chi connectivity index (χ1v) is 5.33. The second kappa shape index (κ2) is 8.96. The zero-order valence-electron chi connectivity index (χ0n) is 9.74. The maximum Gasteiger partial charge on any atom is 0.307 e. The molecule has 0 saturated heterocycles. The van der Waals surface area contributed by atoms with Crippen LogP contribution in [-0.4, -0.2) is 19.1 Å². The molecule has 3 nitrogen and oxygen atoms in total. The lowest BCUT2D eigenvalue weighted by Gasteiger charge is -2.05. The van der Waals surface area contributed by atoms with Gasteiger partial charge >= 0.3 is 5.97 Å². The molecule has 1 aromatic carbocycles. The number of rotatable bonds is 6. The summed E-state index contributed by atoms with van der Waals surface area (Å²) >= 11 is 0. The second-order valence-electron chi connectivity index (χ2n) is 3.32. The Morgan fingerprint density at radius 1 is 1.41 bits per heavy atom. The predicted molar refractivity (Wildman–Crippen MR) is 66.6 cm³/mol. The van der Waals surface area contributed by atoms with Gasteiger partial charge in [-0.15, -0.1) is 12.4 Å². The number of ether oxygens (including phenoxy) is 1. The van der Waals surface area contributed by atoms with Gasteiger partial charge in [-0.3, -0.25) is 4.79 Å². The lowest BCUT2D eigenvalue weighted by atomic mass is 10.2. The van der Waals surface area contributed by atoms with Crippen LogP contribution in [0.25, 0.3) is 0 Å². The topological polar surface area (TPSA) is 38.3 Å². The van der Waals surface area contributed by atoms with Crippen molar-refractivity contribution in [2.75, 3.05) is 13.2 Å². The lowest BCUT2D eigenvalue weighted by Crippen LogP contribution is -2.19. The standard InChI is InChI=1S/C12H16FNO2.ClH/c1-2-16-12(15)7-8-14-9-10-5-3-4-6-11(10)13;/h3-6,14H,2,7-9H2,1H3;1H. The number of esters is 1. The highest BCUT2D eigenvalue weighted by molar-refractivity contribution is 5.85. The summed E-state index contributed by atoms with van der Waals surface area (Å²) in [6.45, 7) is 3.08. The summed E-state index contributed by atoms with van der Waals surface area (Å²) in [4.78, 5) is 11.0. The molecule has 0 heterocycles. The first-order chi connectivity index (χ1) is 7.74. The number of halogens is 2. The first-order valence-electron chi connectivity index (χ1n) is 5.33. The number of carbonyl (C=O) groups excluding carboxylic acids is 1. The molecule has 0 aromatic heterocycles. The Morgan fingerprint density at radius 2 is 2.12 bits per heavy atom. The Hall–Kier alpha value is -1.13. The van der Waals surface area contributed by atoms with E-state index < -0.39 is 0 Å². The third-order valence-corrected chi connectivity index (χ3v) is 2.08. The molecule has 0 saturated carbocycles. The van der Waals surface area contributed by atoms with Crippen molar-refractivity contribution in [3.8, 4) is 0 Å². The Morgan fingerprint density at radius 3 is 2.76 bits per heavy atom. The average Bonchev–Trinajstić information content (AvgIpc) is 2.27. The van der Waals surface area contributed by atoms with E-state index in [0.717, 1.165) is 0 Å². The Labute approximate surface area is 107 Å². The van der Waals surface area contributed by atoms with Crippen LogP contribution < -0.4 is 5.32 Å². The number of benzene rings is 1. The predicted octanol–water partition coefficient (Wildman–Crippen LogP) is 2.29. The van der Waals surface area contributed by atoms with Crippen LogP contribution in [0.2, 0.25) is 0 Å². The highest BCUT2D eigenvalue weighted by atomic mass is 35.5. The smallest absolute Gasteiger partial charge is 0.307 e. The summed E-state index contributed by atoms with van der Waals surface area (Å²) in [6, 6.07) is 6.57. The van der Waals surface area contributed by atoms with E-state index in [-0.39, 0.29) is 24.2 Å². The van der Waals surface area contributed by atoms with Crippen LogP contribution in [0.15, 0.2) is 24.3 Å². The van der Waals surface area contributed by atoms with E-state index in [4.69, 9.17) is 4.74 Å². The number of nitrogens with one attached hydrogen (secondary N) is 1. The fourth-order valence-corrected chi connectivity index (χ4v) is 1.29. The van der Waals surface area contributed by atoms with Gasteiger partial charge in [0.2, 0.25) is 0 Å². The molecular weight excluding hydrogens is 245 g/mol. The zero-order valence-corrected chi connectivity index (χ0v) is 10.6. The normalized spacial score (nSPS) is 9.53. The van der Waals surface area contributed by atoms with E-state index in [1.54, 1.807) is 25.1 Å². The van der Waals surface area contributed by atoms with Crippen molar-refractivity contribution < 1.29 is 13.9 Å². The minimum Gasteiger partial charge on any atom is -0.466 e. The van der Waals surface area contributed by atoms with Gasteiger partial charge in [0.1, 0.15) is 5.82 Å². The van der Waals surface area contributed by atoms with Crippen LogP contribution >= 0.6 is 12.4 Å². The molecule has 1 rings (SSSR count). The molecule has 1 aromatic rings. The molecule has 1 N–H and O–H groups in total. The van der Waals surface area contributed by atoms with Crippen LogP contribution in [0.3, 0.4) is 0 Å². The maximum atomic E-state index is 13.2. The molecule has 5 heteroatoms. The average molecular weight is 262 g/mol. The van der Waals surface area contributed by atoms with E-state index >= 15 is 0 Å². The van der Waals surface area contributed by atoms with Crippen LogP contribution in [-0.2, 0) is 16.1 Å². The molecule has 0 aliphatic carbocycles. The third kappa shape index (κ3) is 6.24. The lowest BCUT2D eigenvalue weighted by molar-refractivity contribution is -0.142. The SMILES string of the molecule is CCOC(=O)CCNCc1ccccc1F.Cl. The second-order valence-corrected chi connectivity index (χ2v) is 3.32. The van der Waals surface area contributed by atoms with Gasteiger partial charge in [0.05, 0.1) is 13.0 Å². The summed E-state index contributed by atoms with van der Waals surface area (Å²) in [5, 5.41) is 2.99. The van der Waals surface area contributed by atoms with Crippen molar-refractivity contribution in [1.29, 1.82) is 0 Å². The fraction of sp³-hybridized carbons (Fsp3) is 0.417. The molecule has 0 bridgehead atoms. The minimum atomic E-state index is -0.233. The molecule has 0 spiro atoms. The summed E-state index contributed by atoms with van der Waals surface area (Å²) in [5.41, 5.74) is 0.603. The molecule has 0 amide bonds. The van der Waals surface area contributed by atoms with Crippen molar-refractivity contribution in [3.63, 3.8) is 0 Å². The quantitative estimate of drug-likeness (QED) is 0.631. The van der Waals surface area contributed by atoms with Crippen molar-refractivity contribution >= 4 is 18.4 Å². The van der Waals surface area contributed by atoms with Gasteiger partial charge in [-0.1, -0.05) is 18.2 Å². The van der Waals surface area contributed by atoms with Gasteiger partial charge < -0.3 is 10.1 Å². The van der Waals surface area contributed by atoms with Crippen LogP contribution in [0.1, 0.15) is 18.9 Å². The fourth-order valence-electron chi connectivity index (χ4n) is 1.29. The van der Waals surface area contributed by atoms with Crippen LogP contribution in [0, 0.1) is 5.82 Å². The number of hydrogen-bond donors (Lipinski definition) is 1. The van der Waals surface area contributed by atoms with Crippen LogP contribution in [0.5, 0.6) is 0 Å². The van der Waals surface area contributed by atoms with Crippen molar-refractivity contribution in [3.05, 3.63) is 35.6 Å².